The molecule has 13 heavy (non-hydrogen) atoms. The third-order valence-electron chi connectivity index (χ3n) is 2.46. The van der Waals surface area contributed by atoms with Crippen LogP contribution in [0.15, 0.2) is 0 Å². The van der Waals surface area contributed by atoms with Crippen LogP contribution in [0.5, 0.6) is 0 Å². The summed E-state index contributed by atoms with van der Waals surface area (Å²) < 4.78 is 5.79. The van der Waals surface area contributed by atoms with Crippen molar-refractivity contribution in [3.05, 3.63) is 0 Å². The summed E-state index contributed by atoms with van der Waals surface area (Å²) >= 11 is 0. The minimum atomic E-state index is -0.999. The summed E-state index contributed by atoms with van der Waals surface area (Å²) in [4.78, 5) is 0. The fourth-order valence-corrected chi connectivity index (χ4v) is 1.19. The molecule has 0 aromatic rings. The standard InChI is InChI=1S/C11H23O2/c1-7-9(11(5,6)12)13-10(3,4)8-2/h9H,7-8H2,1-6H3. The van der Waals surface area contributed by atoms with Gasteiger partial charge in [-0.05, 0) is 40.5 Å². The fraction of sp³-hybridized carbons (Fsp3) is 1.00. The molecule has 0 bridgehead atoms. The van der Waals surface area contributed by atoms with Crippen molar-refractivity contribution < 1.29 is 9.84 Å². The molecule has 0 aromatic heterocycles. The highest BCUT2D eigenvalue weighted by Crippen LogP contribution is 2.24. The topological polar surface area (TPSA) is 29.1 Å². The molecule has 0 N–H and O–H groups in total. The zero-order valence-electron chi connectivity index (χ0n) is 9.81. The maximum atomic E-state index is 11.7. The SMILES string of the molecule is CCC(OC(C)(C)CC)C(C)(C)[O]. The molecular weight excluding hydrogens is 164 g/mol. The first kappa shape index (κ1) is 12.9. The van der Waals surface area contributed by atoms with E-state index in [4.69, 9.17) is 4.74 Å². The highest BCUT2D eigenvalue weighted by molar-refractivity contribution is 4.80. The van der Waals surface area contributed by atoms with Crippen molar-refractivity contribution in [2.45, 2.75) is 71.7 Å². The van der Waals surface area contributed by atoms with Crippen molar-refractivity contribution in [2.75, 3.05) is 0 Å². The van der Waals surface area contributed by atoms with Gasteiger partial charge in [-0.25, -0.2) is 5.11 Å². The highest BCUT2D eigenvalue weighted by atomic mass is 16.5. The van der Waals surface area contributed by atoms with Crippen LogP contribution >= 0.6 is 0 Å². The normalized spacial score (nSPS) is 15.9. The summed E-state index contributed by atoms with van der Waals surface area (Å²) in [5.41, 5.74) is -1.18. The molecule has 2 nitrogen and oxygen atoms in total. The van der Waals surface area contributed by atoms with Crippen LogP contribution in [0.2, 0.25) is 0 Å². The second kappa shape index (κ2) is 4.43. The Hall–Kier alpha value is -0.0800. The molecule has 1 radical (unpaired) electrons. The third-order valence-corrected chi connectivity index (χ3v) is 2.46. The maximum Gasteiger partial charge on any atom is 0.124 e. The van der Waals surface area contributed by atoms with Gasteiger partial charge in [0.15, 0.2) is 0 Å². The molecule has 0 heterocycles. The summed E-state index contributed by atoms with van der Waals surface area (Å²) in [5, 5.41) is 11.7. The van der Waals surface area contributed by atoms with E-state index in [0.717, 1.165) is 12.8 Å². The molecule has 0 aliphatic heterocycles. The van der Waals surface area contributed by atoms with Crippen LogP contribution in [0.4, 0.5) is 0 Å². The quantitative estimate of drug-likeness (QED) is 0.650. The molecule has 0 spiro atoms. The first-order valence-electron chi connectivity index (χ1n) is 5.11. The van der Waals surface area contributed by atoms with Gasteiger partial charge < -0.3 is 4.74 Å². The summed E-state index contributed by atoms with van der Waals surface area (Å²) in [6.45, 7) is 11.5. The zero-order chi connectivity index (χ0) is 10.7. The van der Waals surface area contributed by atoms with Crippen LogP contribution in [0.3, 0.4) is 0 Å². The molecule has 0 saturated heterocycles. The first-order chi connectivity index (χ1) is 5.73. The second-order valence-electron chi connectivity index (χ2n) is 4.73. The summed E-state index contributed by atoms with van der Waals surface area (Å²) in [6, 6.07) is 0. The largest absolute Gasteiger partial charge is 0.369 e. The Labute approximate surface area is 82.3 Å². The monoisotopic (exact) mass is 187 g/mol. The van der Waals surface area contributed by atoms with Crippen LogP contribution in [0, 0.1) is 0 Å². The van der Waals surface area contributed by atoms with E-state index < -0.39 is 5.60 Å². The van der Waals surface area contributed by atoms with E-state index in [-0.39, 0.29) is 11.7 Å². The van der Waals surface area contributed by atoms with Gasteiger partial charge in [-0.1, -0.05) is 13.8 Å². The second-order valence-corrected chi connectivity index (χ2v) is 4.73. The molecule has 0 fully saturated rings. The van der Waals surface area contributed by atoms with Gasteiger partial charge in [-0.2, -0.15) is 0 Å². The average molecular weight is 187 g/mol. The molecule has 2 heteroatoms. The molecule has 0 aromatic carbocycles. The van der Waals surface area contributed by atoms with E-state index in [2.05, 4.69) is 6.92 Å². The van der Waals surface area contributed by atoms with Gasteiger partial charge in [-0.15, -0.1) is 0 Å². The minimum Gasteiger partial charge on any atom is -0.369 e. The Morgan fingerprint density at radius 1 is 1.15 bits per heavy atom. The highest BCUT2D eigenvalue weighted by Gasteiger charge is 2.32. The zero-order valence-corrected chi connectivity index (χ0v) is 9.81. The van der Waals surface area contributed by atoms with E-state index >= 15 is 0 Å². The van der Waals surface area contributed by atoms with Gasteiger partial charge >= 0.3 is 0 Å². The Morgan fingerprint density at radius 3 is 1.85 bits per heavy atom. The van der Waals surface area contributed by atoms with E-state index in [9.17, 15) is 5.11 Å². The molecule has 1 atom stereocenters. The van der Waals surface area contributed by atoms with E-state index in [1.807, 2.05) is 20.8 Å². The fourth-order valence-electron chi connectivity index (χ4n) is 1.19. The van der Waals surface area contributed by atoms with E-state index in [1.165, 1.54) is 0 Å². The minimum absolute atomic E-state index is 0.178. The summed E-state index contributed by atoms with van der Waals surface area (Å²) in [7, 11) is 0. The molecule has 0 rings (SSSR count). The Bertz CT molecular complexity index is 145. The van der Waals surface area contributed by atoms with Crippen LogP contribution in [-0.4, -0.2) is 17.3 Å². The van der Waals surface area contributed by atoms with Gasteiger partial charge in [0.25, 0.3) is 0 Å². The molecular formula is C11H23O2. The van der Waals surface area contributed by atoms with Crippen LogP contribution in [0.1, 0.15) is 54.4 Å². The van der Waals surface area contributed by atoms with Crippen molar-refractivity contribution >= 4 is 0 Å². The lowest BCUT2D eigenvalue weighted by Gasteiger charge is -2.34. The van der Waals surface area contributed by atoms with Crippen LogP contribution in [-0.2, 0) is 9.84 Å². The van der Waals surface area contributed by atoms with Crippen molar-refractivity contribution in [2.24, 2.45) is 0 Å². The number of hydrogen-bond acceptors (Lipinski definition) is 1. The molecule has 0 saturated carbocycles. The first-order valence-corrected chi connectivity index (χ1v) is 5.11. The van der Waals surface area contributed by atoms with E-state index in [1.54, 1.807) is 13.8 Å². The van der Waals surface area contributed by atoms with Gasteiger partial charge in [0.05, 0.1) is 11.7 Å². The molecule has 0 aliphatic carbocycles. The van der Waals surface area contributed by atoms with Crippen molar-refractivity contribution in [1.29, 1.82) is 0 Å². The summed E-state index contributed by atoms with van der Waals surface area (Å²) in [6.07, 6.45) is 1.52. The van der Waals surface area contributed by atoms with Gasteiger partial charge in [0, 0.05) is 0 Å². The van der Waals surface area contributed by atoms with Gasteiger partial charge in [-0.3, -0.25) is 0 Å². The predicted octanol–water partition coefficient (Wildman–Crippen LogP) is 3.18. The predicted molar refractivity (Wildman–Crippen MR) is 54.3 cm³/mol. The molecule has 79 valence electrons. The average Bonchev–Trinajstić information content (AvgIpc) is 1.98. The molecule has 0 amide bonds. The van der Waals surface area contributed by atoms with Crippen molar-refractivity contribution in [3.63, 3.8) is 0 Å². The molecule has 1 unspecified atom stereocenters. The Balaban J connectivity index is 4.30. The number of hydrogen-bond donors (Lipinski definition) is 0. The van der Waals surface area contributed by atoms with Gasteiger partial charge in [0.1, 0.15) is 5.60 Å². The van der Waals surface area contributed by atoms with Crippen LogP contribution < -0.4 is 0 Å². The number of rotatable bonds is 5. The maximum absolute atomic E-state index is 11.7. The lowest BCUT2D eigenvalue weighted by Crippen LogP contribution is -2.42. The van der Waals surface area contributed by atoms with Crippen molar-refractivity contribution in [1.82, 2.24) is 0 Å². The smallest absolute Gasteiger partial charge is 0.124 e. The Morgan fingerprint density at radius 2 is 1.62 bits per heavy atom. The van der Waals surface area contributed by atoms with Crippen LogP contribution in [0.25, 0.3) is 0 Å². The lowest BCUT2D eigenvalue weighted by molar-refractivity contribution is -0.174. The number of ether oxygens (including phenoxy) is 1. The molecule has 0 aliphatic rings. The van der Waals surface area contributed by atoms with E-state index in [0.29, 0.717) is 0 Å². The Kier molecular flexibility index (Phi) is 4.40. The summed E-state index contributed by atoms with van der Waals surface area (Å²) in [5.74, 6) is 0. The van der Waals surface area contributed by atoms with Crippen molar-refractivity contribution in [3.8, 4) is 0 Å². The third kappa shape index (κ3) is 4.63. The lowest BCUT2D eigenvalue weighted by atomic mass is 9.97. The van der Waals surface area contributed by atoms with Gasteiger partial charge in [0.2, 0.25) is 0 Å².